The lowest BCUT2D eigenvalue weighted by Gasteiger charge is -2.14. The van der Waals surface area contributed by atoms with Gasteiger partial charge in [0.15, 0.2) is 11.4 Å². The zero-order valence-corrected chi connectivity index (χ0v) is 16.3. The first-order chi connectivity index (χ1) is 13.7. The van der Waals surface area contributed by atoms with Gasteiger partial charge >= 0.3 is 0 Å². The largest absolute Gasteiger partial charge is 0.496 e. The molecule has 28 heavy (non-hydrogen) atoms. The third-order valence-corrected chi connectivity index (χ3v) is 5.32. The second kappa shape index (κ2) is 7.70. The van der Waals surface area contributed by atoms with E-state index in [2.05, 4.69) is 0 Å². The summed E-state index contributed by atoms with van der Waals surface area (Å²) >= 11 is 1.46. The van der Waals surface area contributed by atoms with Gasteiger partial charge in [0.05, 0.1) is 25.6 Å². The third kappa shape index (κ3) is 3.18. The van der Waals surface area contributed by atoms with E-state index in [1.807, 2.05) is 60.1 Å². The van der Waals surface area contributed by atoms with Crippen LogP contribution in [0.5, 0.6) is 11.5 Å². The summed E-state index contributed by atoms with van der Waals surface area (Å²) in [4.78, 5) is 15.9. The van der Waals surface area contributed by atoms with Crippen LogP contribution in [0.15, 0.2) is 66.2 Å². The Labute approximate surface area is 166 Å². The number of nitrogens with zero attached hydrogens (tertiary/aromatic N) is 2. The van der Waals surface area contributed by atoms with E-state index >= 15 is 0 Å². The second-order valence-electron chi connectivity index (χ2n) is 6.06. The number of ether oxygens (including phenoxy) is 2. The molecule has 0 bridgehead atoms. The molecule has 2 aromatic heterocycles. The lowest BCUT2D eigenvalue weighted by molar-refractivity contribution is 0.111. The highest BCUT2D eigenvalue weighted by molar-refractivity contribution is 7.12. The number of hydrogen-bond donors (Lipinski definition) is 0. The maximum Gasteiger partial charge on any atom is 0.194 e. The number of aldehydes is 1. The fourth-order valence-corrected chi connectivity index (χ4v) is 3.93. The van der Waals surface area contributed by atoms with Crippen LogP contribution in [-0.2, 0) is 0 Å². The summed E-state index contributed by atoms with van der Waals surface area (Å²) in [5.41, 5.74) is 4.16. The average molecular weight is 390 g/mol. The molecule has 2 aromatic carbocycles. The highest BCUT2D eigenvalue weighted by atomic mass is 32.1. The third-order valence-electron chi connectivity index (χ3n) is 4.48. The van der Waals surface area contributed by atoms with Crippen LogP contribution in [-0.4, -0.2) is 30.1 Å². The summed E-state index contributed by atoms with van der Waals surface area (Å²) < 4.78 is 13.1. The Balaban J connectivity index is 1.81. The van der Waals surface area contributed by atoms with E-state index in [1.165, 1.54) is 11.3 Å². The molecule has 0 radical (unpaired) electrons. The molecule has 4 aromatic rings. The van der Waals surface area contributed by atoms with Crippen molar-refractivity contribution in [2.24, 2.45) is 0 Å². The van der Waals surface area contributed by atoms with Gasteiger partial charge in [-0.15, -0.1) is 11.3 Å². The Hall–Kier alpha value is -3.38. The number of methoxy groups -OCH3 is 2. The van der Waals surface area contributed by atoms with Crippen LogP contribution < -0.4 is 9.47 Å². The van der Waals surface area contributed by atoms with Crippen molar-refractivity contribution < 1.29 is 14.3 Å². The van der Waals surface area contributed by atoms with E-state index in [9.17, 15) is 4.79 Å². The monoisotopic (exact) mass is 390 g/mol. The Morgan fingerprint density at radius 3 is 2.39 bits per heavy atom. The minimum atomic E-state index is 0.560. The minimum Gasteiger partial charge on any atom is -0.496 e. The quantitative estimate of drug-likeness (QED) is 0.430. The average Bonchev–Trinajstić information content (AvgIpc) is 3.42. The van der Waals surface area contributed by atoms with Crippen LogP contribution in [0.4, 0.5) is 0 Å². The summed E-state index contributed by atoms with van der Waals surface area (Å²) in [6, 6.07) is 17.5. The molecule has 0 saturated heterocycles. The van der Waals surface area contributed by atoms with Crippen molar-refractivity contribution in [3.05, 3.63) is 71.9 Å². The number of benzene rings is 2. The first-order valence-electron chi connectivity index (χ1n) is 8.65. The van der Waals surface area contributed by atoms with Crippen LogP contribution in [0.3, 0.4) is 0 Å². The minimum absolute atomic E-state index is 0.560. The van der Waals surface area contributed by atoms with Crippen LogP contribution >= 0.6 is 11.3 Å². The summed E-state index contributed by atoms with van der Waals surface area (Å²) in [6.45, 7) is 0. The Kier molecular flexibility index (Phi) is 4.95. The summed E-state index contributed by atoms with van der Waals surface area (Å²) in [5, 5.41) is 2.67. The Morgan fingerprint density at radius 1 is 0.964 bits per heavy atom. The number of carbonyl (C=O) groups excluding carboxylic acids is 1. The van der Waals surface area contributed by atoms with Gasteiger partial charge in [0, 0.05) is 22.7 Å². The van der Waals surface area contributed by atoms with Crippen LogP contribution in [0.25, 0.3) is 27.5 Å². The molecule has 0 aliphatic rings. The van der Waals surface area contributed by atoms with Gasteiger partial charge < -0.3 is 9.47 Å². The molecule has 6 heteroatoms. The highest BCUT2D eigenvalue weighted by Crippen LogP contribution is 2.41. The standard InChI is InChI=1S/C22H18N2O3S/c1-26-20-12-18(21(27-2)11-17(20)15-7-4-3-5-8-15)19-14-28-22(23-19)24-10-6-9-16(24)13-25/h3-14H,1-2H3. The van der Waals surface area contributed by atoms with Crippen molar-refractivity contribution in [2.45, 2.75) is 0 Å². The molecule has 4 rings (SSSR count). The molecule has 0 N–H and O–H groups in total. The van der Waals surface area contributed by atoms with E-state index in [1.54, 1.807) is 24.9 Å². The van der Waals surface area contributed by atoms with Gasteiger partial charge in [-0.1, -0.05) is 30.3 Å². The molecule has 0 amide bonds. The number of thiazole rings is 1. The molecule has 0 saturated carbocycles. The molecular weight excluding hydrogens is 372 g/mol. The normalized spacial score (nSPS) is 10.6. The lowest BCUT2D eigenvalue weighted by atomic mass is 10.0. The molecule has 0 aliphatic carbocycles. The van der Waals surface area contributed by atoms with Crippen molar-refractivity contribution in [2.75, 3.05) is 14.2 Å². The van der Waals surface area contributed by atoms with E-state index in [0.717, 1.165) is 39.6 Å². The Bertz CT molecular complexity index is 1120. The van der Waals surface area contributed by atoms with Gasteiger partial charge in [-0.3, -0.25) is 9.36 Å². The van der Waals surface area contributed by atoms with E-state index < -0.39 is 0 Å². The van der Waals surface area contributed by atoms with Crippen molar-refractivity contribution in [1.82, 2.24) is 9.55 Å². The van der Waals surface area contributed by atoms with Crippen molar-refractivity contribution in [1.29, 1.82) is 0 Å². The van der Waals surface area contributed by atoms with Crippen LogP contribution in [0, 0.1) is 0 Å². The Morgan fingerprint density at radius 2 is 1.68 bits per heavy atom. The van der Waals surface area contributed by atoms with E-state index in [-0.39, 0.29) is 0 Å². The molecule has 0 fully saturated rings. The maximum absolute atomic E-state index is 11.2. The number of aromatic nitrogens is 2. The molecular formula is C22H18N2O3S. The highest BCUT2D eigenvalue weighted by Gasteiger charge is 2.17. The van der Waals surface area contributed by atoms with Gasteiger partial charge in [0.25, 0.3) is 0 Å². The molecule has 0 unspecified atom stereocenters. The van der Waals surface area contributed by atoms with E-state index in [4.69, 9.17) is 14.5 Å². The van der Waals surface area contributed by atoms with Gasteiger partial charge in [-0.2, -0.15) is 0 Å². The maximum atomic E-state index is 11.2. The lowest BCUT2D eigenvalue weighted by Crippen LogP contribution is -1.97. The van der Waals surface area contributed by atoms with Crippen molar-refractivity contribution in [3.8, 4) is 39.0 Å². The molecule has 2 heterocycles. The number of rotatable bonds is 6. The first kappa shape index (κ1) is 18.0. The molecule has 0 aliphatic heterocycles. The second-order valence-corrected chi connectivity index (χ2v) is 6.89. The van der Waals surface area contributed by atoms with Gasteiger partial charge in [-0.25, -0.2) is 4.98 Å². The molecule has 5 nitrogen and oxygen atoms in total. The zero-order chi connectivity index (χ0) is 19.5. The van der Waals surface area contributed by atoms with E-state index in [0.29, 0.717) is 11.4 Å². The smallest absolute Gasteiger partial charge is 0.194 e. The molecule has 0 spiro atoms. The van der Waals surface area contributed by atoms with Crippen molar-refractivity contribution >= 4 is 17.6 Å². The predicted molar refractivity (Wildman–Crippen MR) is 111 cm³/mol. The van der Waals surface area contributed by atoms with Crippen LogP contribution in [0.1, 0.15) is 10.5 Å². The van der Waals surface area contributed by atoms with Crippen LogP contribution in [0.2, 0.25) is 0 Å². The topological polar surface area (TPSA) is 53.4 Å². The summed E-state index contributed by atoms with van der Waals surface area (Å²) in [6.07, 6.45) is 2.64. The zero-order valence-electron chi connectivity index (χ0n) is 15.5. The predicted octanol–water partition coefficient (Wildman–Crippen LogP) is 5.10. The fraction of sp³-hybridized carbons (Fsp3) is 0.0909. The fourth-order valence-electron chi connectivity index (χ4n) is 3.10. The number of carbonyl (C=O) groups is 1. The van der Waals surface area contributed by atoms with Crippen molar-refractivity contribution in [3.63, 3.8) is 0 Å². The molecule has 0 atom stereocenters. The molecule has 140 valence electrons. The SMILES string of the molecule is COc1cc(-c2csc(-n3cccc3C=O)n2)c(OC)cc1-c1ccccc1. The van der Waals surface area contributed by atoms with Gasteiger partial charge in [0.2, 0.25) is 0 Å². The summed E-state index contributed by atoms with van der Waals surface area (Å²) in [5.74, 6) is 1.45. The summed E-state index contributed by atoms with van der Waals surface area (Å²) in [7, 11) is 3.30. The number of hydrogen-bond acceptors (Lipinski definition) is 5. The van der Waals surface area contributed by atoms with Gasteiger partial charge in [0.1, 0.15) is 11.5 Å². The van der Waals surface area contributed by atoms with Gasteiger partial charge in [-0.05, 0) is 29.8 Å². The first-order valence-corrected chi connectivity index (χ1v) is 9.53.